The predicted octanol–water partition coefficient (Wildman–Crippen LogP) is 2.99. The van der Waals surface area contributed by atoms with Crippen LogP contribution < -0.4 is 30.8 Å². The van der Waals surface area contributed by atoms with Gasteiger partial charge in [0, 0.05) is 17.1 Å². The van der Waals surface area contributed by atoms with Gasteiger partial charge in [-0.2, -0.15) is 0 Å². The normalized spacial score (nSPS) is 14.1. The first-order valence-electron chi connectivity index (χ1n) is 9.22. The molecule has 4 aromatic rings. The van der Waals surface area contributed by atoms with Crippen LogP contribution in [0.3, 0.4) is 0 Å². The van der Waals surface area contributed by atoms with Gasteiger partial charge in [-0.15, -0.1) is 0 Å². The average molecular weight is 361 g/mol. The molecule has 130 valence electrons. The molecule has 0 aliphatic carbocycles. The monoisotopic (exact) mass is 361 g/mol. The lowest BCUT2D eigenvalue weighted by Crippen LogP contribution is -2.61. The number of nitrogens with zero attached hydrogens (tertiary/aromatic N) is 3. The molecule has 0 radical (unpaired) electrons. The zero-order chi connectivity index (χ0) is 18.2. The first-order chi connectivity index (χ1) is 13.9. The lowest BCUT2D eigenvalue weighted by Gasteiger charge is -2.41. The van der Waals surface area contributed by atoms with Crippen LogP contribution in [0.4, 0.5) is 17.1 Å². The van der Waals surface area contributed by atoms with Gasteiger partial charge < -0.3 is 14.4 Å². The van der Waals surface area contributed by atoms with Gasteiger partial charge in [0.2, 0.25) is 11.8 Å². The molecule has 5 nitrogen and oxygen atoms in total. The number of hydrogen-bond acceptors (Lipinski definition) is 5. The second-order valence-electron chi connectivity index (χ2n) is 7.08. The second kappa shape index (κ2) is 4.92. The summed E-state index contributed by atoms with van der Waals surface area (Å²) in [6, 6.07) is 22.8. The summed E-state index contributed by atoms with van der Waals surface area (Å²) in [5.41, 5.74) is 6.51. The molecule has 0 atom stereocenters. The van der Waals surface area contributed by atoms with Crippen LogP contribution in [0.5, 0.6) is 23.3 Å². The highest BCUT2D eigenvalue weighted by atomic mass is 16.5. The van der Waals surface area contributed by atoms with Crippen molar-refractivity contribution in [3.05, 3.63) is 73.1 Å². The molecule has 0 unspecified atom stereocenters. The highest BCUT2D eigenvalue weighted by molar-refractivity contribution is 7.00. The molecular formula is C22H12BN3O2. The lowest BCUT2D eigenvalue weighted by molar-refractivity contribution is 0.438. The minimum absolute atomic E-state index is 0.00561. The van der Waals surface area contributed by atoms with Gasteiger partial charge in [-0.25, -0.2) is 9.97 Å². The summed E-state index contributed by atoms with van der Waals surface area (Å²) in [4.78, 5) is 11.0. The third-order valence-corrected chi connectivity index (χ3v) is 5.67. The molecule has 28 heavy (non-hydrogen) atoms. The molecule has 1 aromatic heterocycles. The van der Waals surface area contributed by atoms with Crippen molar-refractivity contribution in [1.29, 1.82) is 0 Å². The molecule has 0 saturated carbocycles. The Hall–Kier alpha value is -3.80. The zero-order valence-corrected chi connectivity index (χ0v) is 14.7. The van der Waals surface area contributed by atoms with Crippen LogP contribution in [0.2, 0.25) is 0 Å². The van der Waals surface area contributed by atoms with Crippen molar-refractivity contribution in [3.8, 4) is 23.3 Å². The van der Waals surface area contributed by atoms with E-state index in [-0.39, 0.29) is 6.71 Å². The Bertz CT molecular complexity index is 1220. The molecule has 0 fully saturated rings. The van der Waals surface area contributed by atoms with E-state index in [2.05, 4.69) is 51.3 Å². The maximum atomic E-state index is 6.18. The van der Waals surface area contributed by atoms with Crippen molar-refractivity contribution in [1.82, 2.24) is 9.97 Å². The fraction of sp³-hybridized carbons (Fsp3) is 0. The predicted molar refractivity (Wildman–Crippen MR) is 108 cm³/mol. The van der Waals surface area contributed by atoms with Gasteiger partial charge in [-0.05, 0) is 47.3 Å². The molecule has 6 heteroatoms. The summed E-state index contributed by atoms with van der Waals surface area (Å²) in [7, 11) is 0. The number of anilines is 3. The number of rotatable bonds is 1. The number of ether oxygens (including phenoxy) is 2. The summed E-state index contributed by atoms with van der Waals surface area (Å²) in [6.45, 7) is 0.00561. The summed E-state index contributed by atoms with van der Waals surface area (Å²) in [6.07, 6.45) is 1.50. The van der Waals surface area contributed by atoms with Crippen molar-refractivity contribution >= 4 is 40.2 Å². The van der Waals surface area contributed by atoms with Crippen molar-refractivity contribution in [2.75, 3.05) is 4.90 Å². The summed E-state index contributed by atoms with van der Waals surface area (Å²) in [5.74, 6) is 2.83. The molecule has 4 heterocycles. The van der Waals surface area contributed by atoms with Crippen LogP contribution in [0.1, 0.15) is 0 Å². The number of hydrogen-bond donors (Lipinski definition) is 0. The highest BCUT2D eigenvalue weighted by Crippen LogP contribution is 2.43. The topological polar surface area (TPSA) is 47.5 Å². The molecule has 7 rings (SSSR count). The molecule has 0 amide bonds. The fourth-order valence-corrected chi connectivity index (χ4v) is 4.61. The van der Waals surface area contributed by atoms with Gasteiger partial charge in [-0.1, -0.05) is 30.3 Å². The van der Waals surface area contributed by atoms with Crippen LogP contribution in [-0.2, 0) is 0 Å². The Morgan fingerprint density at radius 1 is 0.643 bits per heavy atom. The first-order valence-corrected chi connectivity index (χ1v) is 9.22. The average Bonchev–Trinajstić information content (AvgIpc) is 2.75. The molecule has 3 aliphatic rings. The molecule has 3 aromatic carbocycles. The van der Waals surface area contributed by atoms with Crippen LogP contribution in [-0.4, -0.2) is 16.7 Å². The molecular weight excluding hydrogens is 349 g/mol. The van der Waals surface area contributed by atoms with E-state index in [1.807, 2.05) is 30.3 Å². The Balaban J connectivity index is 1.63. The van der Waals surface area contributed by atoms with Gasteiger partial charge in [-0.3, -0.25) is 0 Å². The Morgan fingerprint density at radius 3 is 1.86 bits per heavy atom. The zero-order valence-electron chi connectivity index (χ0n) is 14.7. The van der Waals surface area contributed by atoms with Crippen molar-refractivity contribution in [3.63, 3.8) is 0 Å². The van der Waals surface area contributed by atoms with E-state index in [4.69, 9.17) is 9.47 Å². The van der Waals surface area contributed by atoms with E-state index in [1.54, 1.807) is 0 Å². The standard InChI is InChI=1S/C22H12BN3O2/c1-2-6-13(7-3-1)26-14-8-4-10-16-18(14)23-19-15(26)9-5-11-17(19)28-22-20(23)21(27-16)24-12-25-22/h1-12H. The van der Waals surface area contributed by atoms with E-state index in [1.165, 1.54) is 6.33 Å². The number of aromatic nitrogens is 2. The minimum Gasteiger partial charge on any atom is -0.440 e. The van der Waals surface area contributed by atoms with Gasteiger partial charge in [0.15, 0.2) is 0 Å². The first kappa shape index (κ1) is 14.3. The van der Waals surface area contributed by atoms with E-state index in [9.17, 15) is 0 Å². The van der Waals surface area contributed by atoms with Crippen LogP contribution in [0.15, 0.2) is 73.1 Å². The van der Waals surface area contributed by atoms with E-state index >= 15 is 0 Å². The molecule has 3 aliphatic heterocycles. The van der Waals surface area contributed by atoms with Gasteiger partial charge in [0.1, 0.15) is 17.8 Å². The highest BCUT2D eigenvalue weighted by Gasteiger charge is 2.48. The molecule has 0 N–H and O–H groups in total. The van der Waals surface area contributed by atoms with Crippen molar-refractivity contribution in [2.45, 2.75) is 0 Å². The second-order valence-corrected chi connectivity index (χ2v) is 7.08. The van der Waals surface area contributed by atoms with Crippen molar-refractivity contribution < 1.29 is 9.47 Å². The maximum absolute atomic E-state index is 6.18. The number of benzene rings is 3. The maximum Gasteiger partial charge on any atom is 0.270 e. The van der Waals surface area contributed by atoms with E-state index in [0.29, 0.717) is 11.8 Å². The molecule has 0 spiro atoms. The third-order valence-electron chi connectivity index (χ3n) is 5.67. The Morgan fingerprint density at radius 2 is 1.25 bits per heavy atom. The third kappa shape index (κ3) is 1.63. The lowest BCUT2D eigenvalue weighted by atomic mass is 9.33. The van der Waals surface area contributed by atoms with E-state index < -0.39 is 0 Å². The molecule has 0 saturated heterocycles. The van der Waals surface area contributed by atoms with Crippen LogP contribution >= 0.6 is 0 Å². The van der Waals surface area contributed by atoms with Gasteiger partial charge in [0.25, 0.3) is 6.71 Å². The summed E-state index contributed by atoms with van der Waals surface area (Å²) in [5, 5.41) is 0. The Labute approximate surface area is 161 Å². The fourth-order valence-electron chi connectivity index (χ4n) is 4.61. The van der Waals surface area contributed by atoms with Crippen molar-refractivity contribution in [2.24, 2.45) is 0 Å². The smallest absolute Gasteiger partial charge is 0.270 e. The molecule has 0 bridgehead atoms. The van der Waals surface area contributed by atoms with Gasteiger partial charge >= 0.3 is 0 Å². The van der Waals surface area contributed by atoms with Gasteiger partial charge in [0.05, 0.1) is 5.46 Å². The minimum atomic E-state index is 0.00561. The number of para-hydroxylation sites is 1. The quantitative estimate of drug-likeness (QED) is 0.421. The largest absolute Gasteiger partial charge is 0.440 e. The summed E-state index contributed by atoms with van der Waals surface area (Å²) < 4.78 is 12.4. The van der Waals surface area contributed by atoms with Crippen LogP contribution in [0, 0.1) is 0 Å². The van der Waals surface area contributed by atoms with E-state index in [0.717, 1.165) is 44.9 Å². The Kier molecular flexibility index (Phi) is 2.51. The SMILES string of the molecule is c1ccc(N2c3cccc4c3B3c5c(cccc52)Oc2ncnc(c23)O4)cc1. The summed E-state index contributed by atoms with van der Waals surface area (Å²) >= 11 is 0. The van der Waals surface area contributed by atoms with Crippen LogP contribution in [0.25, 0.3) is 0 Å².